The predicted octanol–water partition coefficient (Wildman–Crippen LogP) is 3.59. The minimum Gasteiger partial charge on any atom is -0.399 e. The number of nitrogens with zero attached hydrogens (tertiary/aromatic N) is 2. The van der Waals surface area contributed by atoms with Gasteiger partial charge in [-0.1, -0.05) is 13.8 Å². The van der Waals surface area contributed by atoms with Gasteiger partial charge in [-0.2, -0.15) is 0 Å². The zero-order chi connectivity index (χ0) is 24.7. The molecule has 4 aromatic rings. The normalized spacial score (nSPS) is 14.1. The summed E-state index contributed by atoms with van der Waals surface area (Å²) >= 11 is 0. The monoisotopic (exact) mass is 470 g/mol. The number of hydrogen-bond acceptors (Lipinski definition) is 5. The van der Waals surface area contributed by atoms with Crippen LogP contribution >= 0.6 is 0 Å². The third-order valence-corrected chi connectivity index (χ3v) is 6.85. The number of carbonyl (C=O) groups is 2. The van der Waals surface area contributed by atoms with Gasteiger partial charge in [0.25, 0.3) is 11.8 Å². The smallest absolute Gasteiger partial charge is 0.259 e. The number of nitrogen functional groups attached to an aromatic ring is 2. The van der Waals surface area contributed by atoms with E-state index in [0.29, 0.717) is 33.6 Å². The molecule has 0 saturated heterocycles. The number of hydrogen-bond donors (Lipinski definition) is 4. The highest BCUT2D eigenvalue weighted by Gasteiger charge is 2.35. The van der Waals surface area contributed by atoms with Gasteiger partial charge in [0.05, 0.1) is 11.1 Å². The molecule has 8 heteroatoms. The van der Waals surface area contributed by atoms with Gasteiger partial charge in [-0.25, -0.2) is 0 Å². The summed E-state index contributed by atoms with van der Waals surface area (Å²) in [5, 5.41) is 4.15. The number of fused-ring (bicyclic) bond motifs is 2. The zero-order valence-electron chi connectivity index (χ0n) is 20.0. The maximum absolute atomic E-state index is 13.1. The molecule has 2 amide bonds. The predicted molar refractivity (Wildman–Crippen MR) is 141 cm³/mol. The number of amides is 2. The van der Waals surface area contributed by atoms with Crippen molar-refractivity contribution >= 4 is 56.1 Å². The van der Waals surface area contributed by atoms with Crippen molar-refractivity contribution in [3.63, 3.8) is 0 Å². The van der Waals surface area contributed by atoms with Gasteiger partial charge in [0.15, 0.2) is 0 Å². The van der Waals surface area contributed by atoms with E-state index in [0.717, 1.165) is 54.4 Å². The number of aromatic amines is 1. The molecule has 0 aliphatic carbocycles. The lowest BCUT2D eigenvalue weighted by Gasteiger charge is -2.18. The summed E-state index contributed by atoms with van der Waals surface area (Å²) in [4.78, 5) is 31.8. The van der Waals surface area contributed by atoms with Crippen molar-refractivity contribution < 1.29 is 9.59 Å². The number of aryl methyl sites for hydroxylation is 1. The van der Waals surface area contributed by atoms with E-state index in [9.17, 15) is 9.59 Å². The number of anilines is 2. The second kappa shape index (κ2) is 8.96. The Morgan fingerprint density at radius 2 is 1.54 bits per heavy atom. The fraction of sp³-hybridized carbons (Fsp3) is 0.259. The van der Waals surface area contributed by atoms with Crippen molar-refractivity contribution in [2.24, 2.45) is 0 Å². The molecule has 8 nitrogen and oxygen atoms in total. The van der Waals surface area contributed by atoms with Gasteiger partial charge in [-0.15, -0.1) is 0 Å². The molecule has 0 saturated carbocycles. The molecule has 2 aromatic heterocycles. The Hall–Kier alpha value is -4.04. The van der Waals surface area contributed by atoms with E-state index < -0.39 is 11.8 Å². The number of rotatable bonds is 8. The maximum atomic E-state index is 13.1. The standard InChI is InChI=1S/C27H30N6O2/c1-3-32(4-2)10-5-11-33-15-21(19-13-17(29)7-9-23(19)33)25-24(26(34)31-27(25)35)20-14-30-22-8-6-16(28)12-18(20)22/h6-9,12-15,30H,3-5,10-11,28-29H2,1-2H3,(H,31,34,35). The average molecular weight is 471 g/mol. The summed E-state index contributed by atoms with van der Waals surface area (Å²) in [6.07, 6.45) is 4.70. The number of nitrogens with two attached hydrogens (primary N) is 2. The van der Waals surface area contributed by atoms with Crippen LogP contribution in [0.1, 0.15) is 31.4 Å². The SMILES string of the molecule is CCN(CC)CCCn1cc(C2=C(c3c[nH]c4ccc(N)cc34)C(=O)NC2=O)c2cc(N)ccc21. The van der Waals surface area contributed by atoms with Crippen molar-refractivity contribution in [1.29, 1.82) is 0 Å². The minimum absolute atomic E-state index is 0.344. The van der Waals surface area contributed by atoms with Crippen molar-refractivity contribution in [1.82, 2.24) is 19.8 Å². The Morgan fingerprint density at radius 3 is 2.26 bits per heavy atom. The number of carbonyl (C=O) groups excluding carboxylic acids is 2. The summed E-state index contributed by atoms with van der Waals surface area (Å²) in [6.45, 7) is 8.13. The summed E-state index contributed by atoms with van der Waals surface area (Å²) in [5.74, 6) is -0.826. The summed E-state index contributed by atoms with van der Waals surface area (Å²) in [5.41, 5.74) is 17.2. The maximum Gasteiger partial charge on any atom is 0.259 e. The summed E-state index contributed by atoms with van der Waals surface area (Å²) in [6, 6.07) is 11.2. The van der Waals surface area contributed by atoms with E-state index in [1.807, 2.05) is 36.5 Å². The van der Waals surface area contributed by atoms with Crippen molar-refractivity contribution in [3.05, 3.63) is 59.9 Å². The van der Waals surface area contributed by atoms with Gasteiger partial charge in [0.2, 0.25) is 0 Å². The Labute approximate surface area is 203 Å². The number of aromatic nitrogens is 2. The van der Waals surface area contributed by atoms with Crippen molar-refractivity contribution in [2.45, 2.75) is 26.8 Å². The van der Waals surface area contributed by atoms with Gasteiger partial charge >= 0.3 is 0 Å². The molecular weight excluding hydrogens is 440 g/mol. The van der Waals surface area contributed by atoms with Crippen molar-refractivity contribution in [3.8, 4) is 0 Å². The molecular formula is C27H30N6O2. The number of nitrogens with one attached hydrogen (secondary N) is 2. The highest BCUT2D eigenvalue weighted by molar-refractivity contribution is 6.50. The summed E-state index contributed by atoms with van der Waals surface area (Å²) < 4.78 is 2.15. The average Bonchev–Trinajstić information content (AvgIpc) is 3.49. The van der Waals surface area contributed by atoms with E-state index >= 15 is 0 Å². The van der Waals surface area contributed by atoms with Crippen LogP contribution in [0.4, 0.5) is 11.4 Å². The highest BCUT2D eigenvalue weighted by atomic mass is 16.2. The van der Waals surface area contributed by atoms with Crippen LogP contribution in [0.5, 0.6) is 0 Å². The Kier molecular flexibility index (Phi) is 5.82. The first kappa shape index (κ1) is 22.7. The van der Waals surface area contributed by atoms with Crippen molar-refractivity contribution in [2.75, 3.05) is 31.1 Å². The summed E-state index contributed by atoms with van der Waals surface area (Å²) in [7, 11) is 0. The van der Waals surface area contributed by atoms with Crippen LogP contribution in [0.2, 0.25) is 0 Å². The first-order valence-corrected chi connectivity index (χ1v) is 12.0. The minimum atomic E-state index is -0.417. The van der Waals surface area contributed by atoms with Crippen LogP contribution in [0.25, 0.3) is 33.0 Å². The molecule has 1 aliphatic heterocycles. The van der Waals surface area contributed by atoms with Gasteiger partial charge in [0, 0.05) is 63.2 Å². The molecule has 35 heavy (non-hydrogen) atoms. The van der Waals surface area contributed by atoms with E-state index in [4.69, 9.17) is 11.5 Å². The van der Waals surface area contributed by atoms with Crippen LogP contribution in [-0.2, 0) is 16.1 Å². The van der Waals surface area contributed by atoms with Crippen LogP contribution < -0.4 is 16.8 Å². The molecule has 0 unspecified atom stereocenters. The molecule has 6 N–H and O–H groups in total. The van der Waals surface area contributed by atoms with E-state index in [-0.39, 0.29) is 0 Å². The number of H-pyrrole nitrogens is 1. The largest absolute Gasteiger partial charge is 0.399 e. The lowest BCUT2D eigenvalue weighted by molar-refractivity contribution is -0.122. The molecule has 3 heterocycles. The quantitative estimate of drug-likeness (QED) is 0.232. The van der Waals surface area contributed by atoms with Crippen LogP contribution in [0, 0.1) is 0 Å². The van der Waals surface area contributed by atoms with Gasteiger partial charge in [0.1, 0.15) is 0 Å². The van der Waals surface area contributed by atoms with E-state index in [1.165, 1.54) is 0 Å². The van der Waals surface area contributed by atoms with Crippen LogP contribution in [-0.4, -0.2) is 45.9 Å². The molecule has 0 radical (unpaired) electrons. The molecule has 0 spiro atoms. The lowest BCUT2D eigenvalue weighted by atomic mass is 9.95. The molecule has 0 bridgehead atoms. The Balaban J connectivity index is 1.66. The molecule has 0 atom stereocenters. The molecule has 1 aliphatic rings. The van der Waals surface area contributed by atoms with E-state index in [2.05, 4.69) is 33.6 Å². The van der Waals surface area contributed by atoms with Gasteiger partial charge in [-0.05, 0) is 62.5 Å². The molecule has 2 aromatic carbocycles. The third kappa shape index (κ3) is 3.95. The first-order chi connectivity index (χ1) is 16.9. The van der Waals surface area contributed by atoms with Crippen LogP contribution in [0.3, 0.4) is 0 Å². The number of imide groups is 1. The fourth-order valence-electron chi connectivity index (χ4n) is 5.02. The molecule has 0 fully saturated rings. The third-order valence-electron chi connectivity index (χ3n) is 6.85. The van der Waals surface area contributed by atoms with Gasteiger partial charge < -0.3 is 25.9 Å². The topological polar surface area (TPSA) is 122 Å². The first-order valence-electron chi connectivity index (χ1n) is 12.0. The van der Waals surface area contributed by atoms with Gasteiger partial charge in [-0.3, -0.25) is 14.9 Å². The molecule has 180 valence electrons. The molecule has 5 rings (SSSR count). The van der Waals surface area contributed by atoms with E-state index in [1.54, 1.807) is 12.3 Å². The number of benzene rings is 2. The Bertz CT molecular complexity index is 1490. The second-order valence-electron chi connectivity index (χ2n) is 8.93. The van der Waals surface area contributed by atoms with Crippen LogP contribution in [0.15, 0.2) is 48.8 Å². The second-order valence-corrected chi connectivity index (χ2v) is 8.93. The zero-order valence-corrected chi connectivity index (χ0v) is 20.0. The lowest BCUT2D eigenvalue weighted by Crippen LogP contribution is -2.24. The fourth-order valence-corrected chi connectivity index (χ4v) is 5.02. The highest BCUT2D eigenvalue weighted by Crippen LogP contribution is 2.39. The Morgan fingerprint density at radius 1 is 0.886 bits per heavy atom.